The molecule has 1 atom stereocenters. The molecule has 4 aromatic rings. The molecular formula is C23H20N4O2. The largest absolute Gasteiger partial charge is 0.419 e. The maximum atomic E-state index is 12.8. The van der Waals surface area contributed by atoms with Crippen molar-refractivity contribution in [3.8, 4) is 11.6 Å². The van der Waals surface area contributed by atoms with E-state index in [1.54, 1.807) is 6.20 Å². The number of fused-ring (bicyclic) bond motifs is 1. The highest BCUT2D eigenvalue weighted by Gasteiger charge is 2.29. The average Bonchev–Trinajstić information content (AvgIpc) is 3.29. The summed E-state index contributed by atoms with van der Waals surface area (Å²) < 4.78 is 6.03. The van der Waals surface area contributed by atoms with Crippen LogP contribution in [0.5, 0.6) is 0 Å². The van der Waals surface area contributed by atoms with E-state index in [4.69, 9.17) is 4.42 Å². The van der Waals surface area contributed by atoms with Gasteiger partial charge in [0.1, 0.15) is 5.69 Å². The van der Waals surface area contributed by atoms with Crippen molar-refractivity contribution in [2.75, 3.05) is 13.1 Å². The summed E-state index contributed by atoms with van der Waals surface area (Å²) in [6.45, 7) is 1.33. The number of amides is 1. The Morgan fingerprint density at radius 3 is 2.72 bits per heavy atom. The molecular weight excluding hydrogens is 364 g/mol. The zero-order chi connectivity index (χ0) is 19.6. The van der Waals surface area contributed by atoms with E-state index in [1.165, 1.54) is 0 Å². The highest BCUT2D eigenvalue weighted by Crippen LogP contribution is 2.30. The fraction of sp³-hybridized carbons (Fsp3) is 0.217. The van der Waals surface area contributed by atoms with Gasteiger partial charge >= 0.3 is 0 Å². The first-order valence-electron chi connectivity index (χ1n) is 9.81. The minimum absolute atomic E-state index is 0.0349. The number of aromatic nitrogens is 3. The van der Waals surface area contributed by atoms with Crippen LogP contribution in [0.4, 0.5) is 0 Å². The van der Waals surface area contributed by atoms with E-state index in [0.717, 1.165) is 30.2 Å². The Hall–Kier alpha value is -3.54. The first-order valence-corrected chi connectivity index (χ1v) is 9.81. The molecule has 0 radical (unpaired) electrons. The number of likely N-dealkylation sites (tertiary alicyclic amines) is 1. The maximum Gasteiger partial charge on any atom is 0.266 e. The molecule has 1 saturated heterocycles. The van der Waals surface area contributed by atoms with Crippen molar-refractivity contribution in [3.63, 3.8) is 0 Å². The van der Waals surface area contributed by atoms with E-state index >= 15 is 0 Å². The second kappa shape index (κ2) is 7.47. The second-order valence-electron chi connectivity index (χ2n) is 7.28. The molecule has 6 heteroatoms. The van der Waals surface area contributed by atoms with E-state index < -0.39 is 0 Å². The van der Waals surface area contributed by atoms with Gasteiger partial charge in [0.2, 0.25) is 5.89 Å². The van der Waals surface area contributed by atoms with Crippen molar-refractivity contribution < 1.29 is 9.21 Å². The van der Waals surface area contributed by atoms with E-state index in [1.807, 2.05) is 65.6 Å². The van der Waals surface area contributed by atoms with Crippen LogP contribution in [0.15, 0.2) is 71.3 Å². The normalized spacial score (nSPS) is 16.8. The Labute approximate surface area is 168 Å². The van der Waals surface area contributed by atoms with Crippen molar-refractivity contribution >= 4 is 16.7 Å². The van der Waals surface area contributed by atoms with Crippen LogP contribution in [0.2, 0.25) is 0 Å². The number of hydrogen-bond donors (Lipinski definition) is 0. The van der Waals surface area contributed by atoms with Gasteiger partial charge in [-0.2, -0.15) is 0 Å². The molecule has 0 bridgehead atoms. The van der Waals surface area contributed by atoms with Gasteiger partial charge in [-0.1, -0.05) is 42.5 Å². The lowest BCUT2D eigenvalue weighted by molar-refractivity contribution is 0.0698. The van der Waals surface area contributed by atoms with Crippen LogP contribution in [0.25, 0.3) is 22.4 Å². The van der Waals surface area contributed by atoms with Gasteiger partial charge in [-0.05, 0) is 36.4 Å². The predicted octanol–water partition coefficient (Wildman–Crippen LogP) is 4.30. The van der Waals surface area contributed by atoms with Gasteiger partial charge in [0.15, 0.2) is 0 Å². The summed E-state index contributed by atoms with van der Waals surface area (Å²) in [5.41, 5.74) is 1.40. The third kappa shape index (κ3) is 3.38. The first-order chi connectivity index (χ1) is 14.3. The summed E-state index contributed by atoms with van der Waals surface area (Å²) in [6.07, 6.45) is 3.58. The molecule has 0 spiro atoms. The number of piperidine rings is 1. The number of carbonyl (C=O) groups is 1. The van der Waals surface area contributed by atoms with Crippen LogP contribution < -0.4 is 0 Å². The van der Waals surface area contributed by atoms with Crippen molar-refractivity contribution in [2.24, 2.45) is 0 Å². The number of rotatable bonds is 3. The Balaban J connectivity index is 1.39. The van der Waals surface area contributed by atoms with Crippen molar-refractivity contribution in [2.45, 2.75) is 18.8 Å². The van der Waals surface area contributed by atoms with Gasteiger partial charge in [0.05, 0.1) is 5.92 Å². The summed E-state index contributed by atoms with van der Waals surface area (Å²) in [5.74, 6) is 1.07. The van der Waals surface area contributed by atoms with E-state index in [0.29, 0.717) is 29.6 Å². The molecule has 1 amide bonds. The zero-order valence-electron chi connectivity index (χ0n) is 15.9. The van der Waals surface area contributed by atoms with Crippen LogP contribution in [-0.4, -0.2) is 39.1 Å². The SMILES string of the molecule is O=C(c1ccccc1)N1CCCC(c2nnc(-c3nccc4ccccc34)o2)C1. The quantitative estimate of drug-likeness (QED) is 0.526. The molecule has 5 rings (SSSR count). The van der Waals surface area contributed by atoms with Crippen LogP contribution >= 0.6 is 0 Å². The van der Waals surface area contributed by atoms with Crippen LogP contribution in [0.1, 0.15) is 35.0 Å². The first kappa shape index (κ1) is 17.6. The summed E-state index contributed by atoms with van der Waals surface area (Å²) in [4.78, 5) is 19.1. The molecule has 1 aliphatic rings. The van der Waals surface area contributed by atoms with E-state index in [9.17, 15) is 4.79 Å². The summed E-state index contributed by atoms with van der Waals surface area (Å²) in [5, 5.41) is 10.6. The molecule has 29 heavy (non-hydrogen) atoms. The molecule has 2 aromatic carbocycles. The Bertz CT molecular complexity index is 1150. The lowest BCUT2D eigenvalue weighted by atomic mass is 9.97. The monoisotopic (exact) mass is 384 g/mol. The predicted molar refractivity (Wildman–Crippen MR) is 109 cm³/mol. The number of hydrogen-bond acceptors (Lipinski definition) is 5. The number of benzene rings is 2. The lowest BCUT2D eigenvalue weighted by Gasteiger charge is -2.31. The molecule has 0 aliphatic carbocycles. The van der Waals surface area contributed by atoms with Gasteiger partial charge in [0.25, 0.3) is 11.8 Å². The highest BCUT2D eigenvalue weighted by molar-refractivity contribution is 5.94. The average molecular weight is 384 g/mol. The Morgan fingerprint density at radius 1 is 1.00 bits per heavy atom. The number of nitrogens with zero attached hydrogens (tertiary/aromatic N) is 4. The maximum absolute atomic E-state index is 12.8. The third-order valence-corrected chi connectivity index (χ3v) is 5.40. The molecule has 0 saturated carbocycles. The Kier molecular flexibility index (Phi) is 4.52. The molecule has 1 aliphatic heterocycles. The van der Waals surface area contributed by atoms with Crippen molar-refractivity contribution in [3.05, 3.63) is 78.3 Å². The summed E-state index contributed by atoms with van der Waals surface area (Å²) in [6, 6.07) is 19.3. The Morgan fingerprint density at radius 2 is 1.83 bits per heavy atom. The number of pyridine rings is 1. The summed E-state index contributed by atoms with van der Waals surface area (Å²) >= 11 is 0. The molecule has 6 nitrogen and oxygen atoms in total. The molecule has 3 heterocycles. The van der Waals surface area contributed by atoms with Gasteiger partial charge < -0.3 is 9.32 Å². The minimum atomic E-state index is 0.0349. The molecule has 0 N–H and O–H groups in total. The highest BCUT2D eigenvalue weighted by atomic mass is 16.4. The van der Waals surface area contributed by atoms with Crippen molar-refractivity contribution in [1.82, 2.24) is 20.1 Å². The topological polar surface area (TPSA) is 72.1 Å². The lowest BCUT2D eigenvalue weighted by Crippen LogP contribution is -2.39. The van der Waals surface area contributed by atoms with Gasteiger partial charge in [-0.3, -0.25) is 9.78 Å². The van der Waals surface area contributed by atoms with Crippen LogP contribution in [0.3, 0.4) is 0 Å². The van der Waals surface area contributed by atoms with Gasteiger partial charge in [-0.15, -0.1) is 10.2 Å². The second-order valence-corrected chi connectivity index (χ2v) is 7.28. The molecule has 144 valence electrons. The smallest absolute Gasteiger partial charge is 0.266 e. The summed E-state index contributed by atoms with van der Waals surface area (Å²) in [7, 11) is 0. The van der Waals surface area contributed by atoms with Crippen LogP contribution in [0, 0.1) is 0 Å². The van der Waals surface area contributed by atoms with E-state index in [2.05, 4.69) is 15.2 Å². The molecule has 1 unspecified atom stereocenters. The molecule has 1 fully saturated rings. The van der Waals surface area contributed by atoms with Crippen LogP contribution in [-0.2, 0) is 0 Å². The fourth-order valence-electron chi connectivity index (χ4n) is 3.91. The standard InChI is InChI=1S/C23H20N4O2/c28-23(17-8-2-1-3-9-17)27-14-6-10-18(15-27)21-25-26-22(29-21)20-19-11-5-4-7-16(19)12-13-24-20/h1-5,7-9,11-13,18H,6,10,14-15H2. The fourth-order valence-corrected chi connectivity index (χ4v) is 3.91. The van der Waals surface area contributed by atoms with Gasteiger partial charge in [-0.25, -0.2) is 0 Å². The minimum Gasteiger partial charge on any atom is -0.419 e. The van der Waals surface area contributed by atoms with E-state index in [-0.39, 0.29) is 11.8 Å². The third-order valence-electron chi connectivity index (χ3n) is 5.40. The number of carbonyl (C=O) groups excluding carboxylic acids is 1. The zero-order valence-corrected chi connectivity index (χ0v) is 15.9. The van der Waals surface area contributed by atoms with Gasteiger partial charge in [0, 0.05) is 30.2 Å². The molecule has 2 aromatic heterocycles. The van der Waals surface area contributed by atoms with Crippen molar-refractivity contribution in [1.29, 1.82) is 0 Å².